The Labute approximate surface area is 134 Å². The van der Waals surface area contributed by atoms with Gasteiger partial charge in [-0.3, -0.25) is 0 Å². The first kappa shape index (κ1) is 14.7. The van der Waals surface area contributed by atoms with Crippen LogP contribution < -0.4 is 0 Å². The van der Waals surface area contributed by atoms with Crippen molar-refractivity contribution in [3.8, 4) is 6.07 Å². The van der Waals surface area contributed by atoms with Crippen LogP contribution in [-0.2, 0) is 6.54 Å². The van der Waals surface area contributed by atoms with E-state index < -0.39 is 0 Å². The summed E-state index contributed by atoms with van der Waals surface area (Å²) in [5, 5.41) is 9.11. The van der Waals surface area contributed by atoms with Gasteiger partial charge >= 0.3 is 0 Å². The standard InChI is InChI=1S/C16H18ClN3S/c1-11(17)15-19-14-12(9-18)5-3-6-13(14)20(15)10-16(21-2)7-4-8-16/h3,5-6,11H,4,7-8,10H2,1-2H3. The lowest BCUT2D eigenvalue weighted by Crippen LogP contribution is -2.38. The van der Waals surface area contributed by atoms with Crippen LogP contribution >= 0.6 is 23.4 Å². The summed E-state index contributed by atoms with van der Waals surface area (Å²) in [7, 11) is 0. The van der Waals surface area contributed by atoms with Crippen LogP contribution in [0.5, 0.6) is 0 Å². The molecule has 1 heterocycles. The molecule has 0 aliphatic heterocycles. The maximum atomic E-state index is 9.27. The Bertz CT molecular complexity index is 705. The number of alkyl halides is 1. The molecule has 0 radical (unpaired) electrons. The summed E-state index contributed by atoms with van der Waals surface area (Å²) < 4.78 is 2.53. The Morgan fingerprint density at radius 2 is 2.29 bits per heavy atom. The number of fused-ring (bicyclic) bond motifs is 1. The fourth-order valence-corrected chi connectivity index (χ4v) is 4.13. The monoisotopic (exact) mass is 319 g/mol. The number of thioether (sulfide) groups is 1. The average Bonchev–Trinajstić information content (AvgIpc) is 2.81. The Kier molecular flexibility index (Phi) is 3.90. The molecular formula is C16H18ClN3S. The minimum atomic E-state index is -0.164. The third-order valence-corrected chi connectivity index (χ3v) is 6.03. The Balaban J connectivity index is 2.15. The van der Waals surface area contributed by atoms with E-state index in [9.17, 15) is 5.26 Å². The van der Waals surface area contributed by atoms with Crippen LogP contribution in [0.25, 0.3) is 11.0 Å². The van der Waals surface area contributed by atoms with Crippen LogP contribution in [0.3, 0.4) is 0 Å². The molecule has 0 N–H and O–H groups in total. The number of nitrogens with zero attached hydrogens (tertiary/aromatic N) is 3. The molecule has 1 aromatic carbocycles. The van der Waals surface area contributed by atoms with Crippen LogP contribution in [0.15, 0.2) is 18.2 Å². The summed E-state index contributed by atoms with van der Waals surface area (Å²) in [6.07, 6.45) is 5.95. The SMILES string of the molecule is CSC1(Cn2c(C(C)Cl)nc3c(C#N)cccc32)CCC1. The van der Waals surface area contributed by atoms with Gasteiger partial charge in [-0.05, 0) is 38.2 Å². The van der Waals surface area contributed by atoms with Crippen molar-refractivity contribution in [3.05, 3.63) is 29.6 Å². The van der Waals surface area contributed by atoms with Crippen molar-refractivity contribution in [2.75, 3.05) is 6.26 Å². The average molecular weight is 320 g/mol. The maximum Gasteiger partial charge on any atom is 0.127 e. The van der Waals surface area contributed by atoms with E-state index in [4.69, 9.17) is 11.6 Å². The van der Waals surface area contributed by atoms with Gasteiger partial charge in [0.15, 0.2) is 0 Å². The first-order valence-electron chi connectivity index (χ1n) is 7.19. The second kappa shape index (κ2) is 5.55. The van der Waals surface area contributed by atoms with Crippen molar-refractivity contribution < 1.29 is 0 Å². The number of halogens is 1. The Hall–Kier alpha value is -1.18. The molecule has 1 aliphatic carbocycles. The molecule has 1 saturated carbocycles. The fraction of sp³-hybridized carbons (Fsp3) is 0.500. The molecule has 0 saturated heterocycles. The molecule has 1 unspecified atom stereocenters. The molecule has 3 rings (SSSR count). The predicted molar refractivity (Wildman–Crippen MR) is 88.8 cm³/mol. The number of benzene rings is 1. The number of hydrogen-bond donors (Lipinski definition) is 0. The molecule has 21 heavy (non-hydrogen) atoms. The predicted octanol–water partition coefficient (Wildman–Crippen LogP) is 4.49. The van der Waals surface area contributed by atoms with Gasteiger partial charge in [0.2, 0.25) is 0 Å². The number of imidazole rings is 1. The van der Waals surface area contributed by atoms with Gasteiger partial charge in [-0.2, -0.15) is 17.0 Å². The van der Waals surface area contributed by atoms with Gasteiger partial charge in [0.05, 0.1) is 16.5 Å². The number of para-hydroxylation sites is 1. The number of hydrogen-bond acceptors (Lipinski definition) is 3. The van der Waals surface area contributed by atoms with E-state index in [0.29, 0.717) is 10.3 Å². The van der Waals surface area contributed by atoms with Gasteiger partial charge in [-0.1, -0.05) is 12.5 Å². The second-order valence-electron chi connectivity index (χ2n) is 5.70. The fourth-order valence-electron chi connectivity index (χ4n) is 3.01. The number of nitriles is 1. The molecule has 0 amide bonds. The van der Waals surface area contributed by atoms with Crippen molar-refractivity contribution in [1.29, 1.82) is 5.26 Å². The van der Waals surface area contributed by atoms with E-state index >= 15 is 0 Å². The lowest BCUT2D eigenvalue weighted by molar-refractivity contribution is 0.321. The van der Waals surface area contributed by atoms with Gasteiger partial charge < -0.3 is 4.57 Å². The zero-order valence-electron chi connectivity index (χ0n) is 12.3. The van der Waals surface area contributed by atoms with E-state index in [-0.39, 0.29) is 5.38 Å². The summed E-state index contributed by atoms with van der Waals surface area (Å²) in [5.74, 6) is 0.870. The van der Waals surface area contributed by atoms with Gasteiger partial charge in [0, 0.05) is 11.3 Å². The highest BCUT2D eigenvalue weighted by atomic mass is 35.5. The largest absolute Gasteiger partial charge is 0.325 e. The third kappa shape index (κ3) is 2.43. The normalized spacial score (nSPS) is 18.2. The molecule has 0 bridgehead atoms. The molecule has 1 aliphatic rings. The van der Waals surface area contributed by atoms with Crippen LogP contribution in [-0.4, -0.2) is 20.6 Å². The number of rotatable bonds is 4. The van der Waals surface area contributed by atoms with Crippen molar-refractivity contribution in [3.63, 3.8) is 0 Å². The van der Waals surface area contributed by atoms with Gasteiger partial charge in [0.25, 0.3) is 0 Å². The lowest BCUT2D eigenvalue weighted by Gasteiger charge is -2.41. The summed E-state index contributed by atoms with van der Waals surface area (Å²) in [6, 6.07) is 8.01. The number of aromatic nitrogens is 2. The molecule has 110 valence electrons. The molecule has 5 heteroatoms. The lowest BCUT2D eigenvalue weighted by atomic mass is 9.84. The molecule has 0 spiro atoms. The zero-order valence-corrected chi connectivity index (χ0v) is 13.8. The minimum absolute atomic E-state index is 0.164. The van der Waals surface area contributed by atoms with E-state index in [1.165, 1.54) is 19.3 Å². The van der Waals surface area contributed by atoms with E-state index in [1.807, 2.05) is 36.9 Å². The van der Waals surface area contributed by atoms with Crippen molar-refractivity contribution in [1.82, 2.24) is 9.55 Å². The highest BCUT2D eigenvalue weighted by Crippen LogP contribution is 2.45. The summed E-state index contributed by atoms with van der Waals surface area (Å²) in [5.41, 5.74) is 2.42. The molecular weight excluding hydrogens is 302 g/mol. The van der Waals surface area contributed by atoms with Crippen LogP contribution in [0.2, 0.25) is 0 Å². The summed E-state index contributed by atoms with van der Waals surface area (Å²) in [6.45, 7) is 2.86. The van der Waals surface area contributed by atoms with Crippen LogP contribution in [0.1, 0.15) is 43.0 Å². The molecule has 2 aromatic rings. The second-order valence-corrected chi connectivity index (χ2v) is 7.63. The molecule has 1 fully saturated rings. The van der Waals surface area contributed by atoms with Crippen molar-refractivity contribution in [2.24, 2.45) is 0 Å². The molecule has 1 atom stereocenters. The quantitative estimate of drug-likeness (QED) is 0.779. The molecule has 3 nitrogen and oxygen atoms in total. The first-order valence-corrected chi connectivity index (χ1v) is 8.85. The van der Waals surface area contributed by atoms with Crippen molar-refractivity contribution in [2.45, 2.75) is 42.9 Å². The summed E-state index contributed by atoms with van der Waals surface area (Å²) in [4.78, 5) is 4.66. The van der Waals surface area contributed by atoms with Crippen molar-refractivity contribution >= 4 is 34.4 Å². The highest BCUT2D eigenvalue weighted by Gasteiger charge is 2.37. The minimum Gasteiger partial charge on any atom is -0.325 e. The Morgan fingerprint density at radius 3 is 2.81 bits per heavy atom. The van der Waals surface area contributed by atoms with Gasteiger partial charge in [-0.15, -0.1) is 11.6 Å². The highest BCUT2D eigenvalue weighted by molar-refractivity contribution is 8.00. The van der Waals surface area contributed by atoms with E-state index in [0.717, 1.165) is 23.4 Å². The smallest absolute Gasteiger partial charge is 0.127 e. The zero-order chi connectivity index (χ0) is 15.0. The Morgan fingerprint density at radius 1 is 1.52 bits per heavy atom. The summed E-state index contributed by atoms with van der Waals surface area (Å²) >= 11 is 8.28. The van der Waals surface area contributed by atoms with Crippen LogP contribution in [0.4, 0.5) is 0 Å². The van der Waals surface area contributed by atoms with Gasteiger partial charge in [0.1, 0.15) is 17.4 Å². The van der Waals surface area contributed by atoms with E-state index in [1.54, 1.807) is 0 Å². The van der Waals surface area contributed by atoms with E-state index in [2.05, 4.69) is 21.9 Å². The topological polar surface area (TPSA) is 41.6 Å². The van der Waals surface area contributed by atoms with Crippen LogP contribution in [0, 0.1) is 11.3 Å². The first-order chi connectivity index (χ1) is 10.1. The maximum absolute atomic E-state index is 9.27. The van der Waals surface area contributed by atoms with Gasteiger partial charge in [-0.25, -0.2) is 4.98 Å². The molecule has 1 aromatic heterocycles. The third-order valence-electron chi connectivity index (χ3n) is 4.43.